The number of esters is 1. The third kappa shape index (κ3) is 3.47. The molecule has 0 saturated carbocycles. The number of ether oxygens (including phenoxy) is 3. The Morgan fingerprint density at radius 2 is 1.97 bits per heavy atom. The molecule has 2 heterocycles. The zero-order valence-electron chi connectivity index (χ0n) is 16.3. The van der Waals surface area contributed by atoms with Gasteiger partial charge in [0.25, 0.3) is 0 Å². The summed E-state index contributed by atoms with van der Waals surface area (Å²) in [6.45, 7) is 1.93. The SMILES string of the molecule is COc1ccc2c(c1OC)C(=O)OC2CC(=O)Nc1ccc2nc(C)ccc2c1. The summed E-state index contributed by atoms with van der Waals surface area (Å²) in [7, 11) is 2.96. The van der Waals surface area contributed by atoms with E-state index in [0.29, 0.717) is 28.3 Å². The Morgan fingerprint density at radius 1 is 1.14 bits per heavy atom. The lowest BCUT2D eigenvalue weighted by Crippen LogP contribution is -2.15. The number of benzene rings is 2. The number of nitrogens with zero attached hydrogens (tertiary/aromatic N) is 1. The summed E-state index contributed by atoms with van der Waals surface area (Å²) < 4.78 is 16.0. The lowest BCUT2D eigenvalue weighted by molar-refractivity contribution is -0.118. The Bertz CT molecular complexity index is 1130. The number of cyclic esters (lactones) is 1. The Hall–Kier alpha value is -3.61. The molecule has 0 fully saturated rings. The molecule has 29 heavy (non-hydrogen) atoms. The maximum Gasteiger partial charge on any atom is 0.343 e. The van der Waals surface area contributed by atoms with Gasteiger partial charge in [0.1, 0.15) is 11.7 Å². The second-order valence-electron chi connectivity index (χ2n) is 6.77. The molecule has 1 amide bonds. The van der Waals surface area contributed by atoms with Crippen molar-refractivity contribution in [3.63, 3.8) is 0 Å². The number of rotatable bonds is 5. The van der Waals surface area contributed by atoms with Crippen molar-refractivity contribution in [2.45, 2.75) is 19.4 Å². The van der Waals surface area contributed by atoms with E-state index in [1.54, 1.807) is 18.2 Å². The van der Waals surface area contributed by atoms with Crippen molar-refractivity contribution in [3.05, 3.63) is 59.3 Å². The highest BCUT2D eigenvalue weighted by atomic mass is 16.6. The normalized spacial score (nSPS) is 15.0. The van der Waals surface area contributed by atoms with Crippen LogP contribution in [0.15, 0.2) is 42.5 Å². The molecule has 1 N–H and O–H groups in total. The molecule has 1 aromatic heterocycles. The van der Waals surface area contributed by atoms with Gasteiger partial charge < -0.3 is 19.5 Å². The number of aryl methyl sites for hydroxylation is 1. The highest BCUT2D eigenvalue weighted by Gasteiger charge is 2.36. The van der Waals surface area contributed by atoms with Crippen LogP contribution in [0.25, 0.3) is 10.9 Å². The number of pyridine rings is 1. The molecule has 1 aliphatic heterocycles. The number of nitrogens with one attached hydrogen (secondary N) is 1. The molecule has 4 rings (SSSR count). The summed E-state index contributed by atoms with van der Waals surface area (Å²) in [6.07, 6.45) is -0.680. The van der Waals surface area contributed by atoms with E-state index in [0.717, 1.165) is 16.6 Å². The van der Waals surface area contributed by atoms with E-state index in [2.05, 4.69) is 10.3 Å². The molecule has 3 aromatic rings. The molecule has 0 aliphatic carbocycles. The van der Waals surface area contributed by atoms with Crippen LogP contribution in [-0.4, -0.2) is 31.1 Å². The van der Waals surface area contributed by atoms with Gasteiger partial charge in [-0.05, 0) is 37.3 Å². The lowest BCUT2D eigenvalue weighted by atomic mass is 10.0. The molecule has 1 aliphatic rings. The number of hydrogen-bond acceptors (Lipinski definition) is 6. The van der Waals surface area contributed by atoms with Gasteiger partial charge in [0.05, 0.1) is 26.2 Å². The standard InChI is InChI=1S/C22H20N2O5/c1-12-4-5-13-10-14(6-8-16(13)23-12)24-19(25)11-18-15-7-9-17(27-2)21(28-3)20(15)22(26)29-18/h4-10,18H,11H2,1-3H3,(H,24,25). The Labute approximate surface area is 167 Å². The first-order chi connectivity index (χ1) is 14.0. The van der Waals surface area contributed by atoms with E-state index in [-0.39, 0.29) is 12.3 Å². The van der Waals surface area contributed by atoms with E-state index in [1.165, 1.54) is 14.2 Å². The molecule has 0 saturated heterocycles. The van der Waals surface area contributed by atoms with Gasteiger partial charge in [-0.1, -0.05) is 12.1 Å². The van der Waals surface area contributed by atoms with Crippen molar-refractivity contribution in [2.75, 3.05) is 19.5 Å². The van der Waals surface area contributed by atoms with Gasteiger partial charge in [-0.3, -0.25) is 9.78 Å². The predicted molar refractivity (Wildman–Crippen MR) is 107 cm³/mol. The summed E-state index contributed by atoms with van der Waals surface area (Å²) in [5, 5.41) is 3.79. The average Bonchev–Trinajstić information content (AvgIpc) is 3.02. The van der Waals surface area contributed by atoms with Crippen molar-refractivity contribution >= 4 is 28.5 Å². The van der Waals surface area contributed by atoms with E-state index in [4.69, 9.17) is 14.2 Å². The number of carbonyl (C=O) groups excluding carboxylic acids is 2. The molecule has 2 aromatic carbocycles. The first-order valence-electron chi connectivity index (χ1n) is 9.13. The fourth-order valence-corrected chi connectivity index (χ4v) is 3.51. The summed E-state index contributed by atoms with van der Waals surface area (Å²) >= 11 is 0. The molecule has 7 nitrogen and oxygen atoms in total. The fraction of sp³-hybridized carbons (Fsp3) is 0.227. The van der Waals surface area contributed by atoms with Crippen molar-refractivity contribution in [3.8, 4) is 11.5 Å². The molecule has 1 unspecified atom stereocenters. The molecule has 0 bridgehead atoms. The van der Waals surface area contributed by atoms with Crippen LogP contribution in [0.4, 0.5) is 5.69 Å². The zero-order valence-corrected chi connectivity index (χ0v) is 16.3. The van der Waals surface area contributed by atoms with Crippen LogP contribution < -0.4 is 14.8 Å². The topological polar surface area (TPSA) is 86.8 Å². The van der Waals surface area contributed by atoms with E-state index in [1.807, 2.05) is 31.2 Å². The molecule has 148 valence electrons. The van der Waals surface area contributed by atoms with Crippen LogP contribution in [0.3, 0.4) is 0 Å². The number of hydrogen-bond donors (Lipinski definition) is 1. The summed E-state index contributed by atoms with van der Waals surface area (Å²) in [5.41, 5.74) is 3.37. The Morgan fingerprint density at radius 3 is 2.72 bits per heavy atom. The van der Waals surface area contributed by atoms with Gasteiger partial charge in [-0.15, -0.1) is 0 Å². The second-order valence-corrected chi connectivity index (χ2v) is 6.77. The molecule has 7 heteroatoms. The molecular weight excluding hydrogens is 372 g/mol. The average molecular weight is 392 g/mol. The maximum atomic E-state index is 12.6. The van der Waals surface area contributed by atoms with Crippen molar-refractivity contribution in [2.24, 2.45) is 0 Å². The quantitative estimate of drug-likeness (QED) is 0.665. The first kappa shape index (κ1) is 18.7. The smallest absolute Gasteiger partial charge is 0.343 e. The molecule has 0 radical (unpaired) electrons. The zero-order chi connectivity index (χ0) is 20.5. The van der Waals surface area contributed by atoms with Crippen molar-refractivity contribution < 1.29 is 23.8 Å². The number of carbonyl (C=O) groups is 2. The summed E-state index contributed by atoms with van der Waals surface area (Å²) in [6, 6.07) is 12.8. The monoisotopic (exact) mass is 392 g/mol. The van der Waals surface area contributed by atoms with Gasteiger partial charge in [-0.25, -0.2) is 4.79 Å². The number of aromatic nitrogens is 1. The van der Waals surface area contributed by atoms with Crippen LogP contribution in [0.2, 0.25) is 0 Å². The maximum absolute atomic E-state index is 12.6. The van der Waals surface area contributed by atoms with E-state index in [9.17, 15) is 9.59 Å². The van der Waals surface area contributed by atoms with E-state index >= 15 is 0 Å². The van der Waals surface area contributed by atoms with Gasteiger partial charge in [0.2, 0.25) is 5.91 Å². The fourth-order valence-electron chi connectivity index (χ4n) is 3.51. The van der Waals surface area contributed by atoms with Gasteiger partial charge in [-0.2, -0.15) is 0 Å². The van der Waals surface area contributed by atoms with Gasteiger partial charge in [0.15, 0.2) is 11.5 Å². The number of methoxy groups -OCH3 is 2. The minimum atomic E-state index is -0.679. The van der Waals surface area contributed by atoms with Crippen molar-refractivity contribution in [1.29, 1.82) is 0 Å². The Kier molecular flexibility index (Phi) is 4.80. The van der Waals surface area contributed by atoms with Crippen LogP contribution >= 0.6 is 0 Å². The highest BCUT2D eigenvalue weighted by Crippen LogP contribution is 2.43. The van der Waals surface area contributed by atoms with Gasteiger partial charge in [0, 0.05) is 22.3 Å². The van der Waals surface area contributed by atoms with Crippen LogP contribution in [0, 0.1) is 6.92 Å². The summed E-state index contributed by atoms with van der Waals surface area (Å²) in [5.74, 6) is -0.0332. The lowest BCUT2D eigenvalue weighted by Gasteiger charge is -2.13. The first-order valence-corrected chi connectivity index (χ1v) is 9.13. The number of anilines is 1. The van der Waals surface area contributed by atoms with Crippen LogP contribution in [-0.2, 0) is 9.53 Å². The minimum Gasteiger partial charge on any atom is -0.493 e. The van der Waals surface area contributed by atoms with Crippen LogP contribution in [0.5, 0.6) is 11.5 Å². The second kappa shape index (κ2) is 7.43. The number of amides is 1. The summed E-state index contributed by atoms with van der Waals surface area (Å²) in [4.78, 5) is 29.4. The minimum absolute atomic E-state index is 0.00158. The molecular formula is C22H20N2O5. The van der Waals surface area contributed by atoms with Crippen molar-refractivity contribution in [1.82, 2.24) is 4.98 Å². The largest absolute Gasteiger partial charge is 0.493 e. The third-order valence-electron chi connectivity index (χ3n) is 4.86. The highest BCUT2D eigenvalue weighted by molar-refractivity contribution is 6.00. The predicted octanol–water partition coefficient (Wildman–Crippen LogP) is 3.80. The van der Waals surface area contributed by atoms with E-state index < -0.39 is 12.1 Å². The molecule has 0 spiro atoms. The van der Waals surface area contributed by atoms with Crippen LogP contribution in [0.1, 0.15) is 34.1 Å². The van der Waals surface area contributed by atoms with Gasteiger partial charge >= 0.3 is 5.97 Å². The molecule has 1 atom stereocenters. The third-order valence-corrected chi connectivity index (χ3v) is 4.86. The Balaban J connectivity index is 1.53. The number of fused-ring (bicyclic) bond motifs is 2.